The van der Waals surface area contributed by atoms with Gasteiger partial charge in [0.05, 0.1) is 24.7 Å². The standard InChI is InChI=1S/C24H28N6O8S/c1-13(14-5-3-4-6-15(14)24(34)37-2)7-8-18(31)29-39(35,36)28-11-17-20(32)21(33)23(38-17)30-12-27-19-16(25)9-10-26-22(19)30/h3-6,9-10,12,17,20-21,23,28,32-33H,1,7-8,11H2,2H3,(H2,25,26)(H,29,31)/t17-,20-,21-,23-/m1/s1. The van der Waals surface area contributed by atoms with Crippen LogP contribution in [0.3, 0.4) is 0 Å². The maximum atomic E-state index is 12.4. The minimum atomic E-state index is -4.33. The number of aliphatic hydroxyl groups is 2. The summed E-state index contributed by atoms with van der Waals surface area (Å²) in [6, 6.07) is 8.12. The number of fused-ring (bicyclic) bond motifs is 1. The molecule has 1 aliphatic heterocycles. The fourth-order valence-electron chi connectivity index (χ4n) is 4.17. The maximum Gasteiger partial charge on any atom is 0.338 e. The van der Waals surface area contributed by atoms with Crippen LogP contribution in [0.4, 0.5) is 5.69 Å². The number of aliphatic hydroxyl groups excluding tert-OH is 2. The zero-order valence-electron chi connectivity index (χ0n) is 20.9. The molecule has 3 heterocycles. The Kier molecular flexibility index (Phi) is 8.27. The fourth-order valence-corrected chi connectivity index (χ4v) is 5.03. The molecule has 0 radical (unpaired) electrons. The fraction of sp³-hybridized carbons (Fsp3) is 0.333. The van der Waals surface area contributed by atoms with E-state index in [0.29, 0.717) is 28.0 Å². The first kappa shape index (κ1) is 28.1. The van der Waals surface area contributed by atoms with Crippen LogP contribution < -0.4 is 15.2 Å². The number of imidazole rings is 1. The summed E-state index contributed by atoms with van der Waals surface area (Å²) in [5.74, 6) is -1.38. The van der Waals surface area contributed by atoms with Crippen molar-refractivity contribution >= 4 is 44.5 Å². The number of nitrogen functional groups attached to an aromatic ring is 1. The summed E-state index contributed by atoms with van der Waals surface area (Å²) in [5, 5.41) is 21.0. The largest absolute Gasteiger partial charge is 0.465 e. The molecule has 15 heteroatoms. The Morgan fingerprint density at radius 3 is 2.59 bits per heavy atom. The van der Waals surface area contributed by atoms with Crippen LogP contribution in [0.5, 0.6) is 0 Å². The molecule has 0 aliphatic carbocycles. The van der Waals surface area contributed by atoms with Gasteiger partial charge in [-0.3, -0.25) is 9.36 Å². The van der Waals surface area contributed by atoms with Gasteiger partial charge in [-0.25, -0.2) is 19.5 Å². The van der Waals surface area contributed by atoms with Crippen LogP contribution in [0.15, 0.2) is 49.4 Å². The second-order valence-corrected chi connectivity index (χ2v) is 10.3. The van der Waals surface area contributed by atoms with Crippen LogP contribution in [0.1, 0.15) is 35.0 Å². The van der Waals surface area contributed by atoms with E-state index >= 15 is 0 Å². The third-order valence-corrected chi connectivity index (χ3v) is 7.24. The number of carbonyl (C=O) groups is 2. The lowest BCUT2D eigenvalue weighted by Gasteiger charge is -2.16. The van der Waals surface area contributed by atoms with Crippen LogP contribution in [-0.2, 0) is 24.5 Å². The molecule has 1 saturated heterocycles. The number of aromatic nitrogens is 3. The number of hydrogen-bond acceptors (Lipinski definition) is 11. The Morgan fingerprint density at radius 2 is 1.87 bits per heavy atom. The summed E-state index contributed by atoms with van der Waals surface area (Å²) in [7, 11) is -3.09. The van der Waals surface area contributed by atoms with E-state index < -0.39 is 53.2 Å². The molecule has 0 saturated carbocycles. The second-order valence-electron chi connectivity index (χ2n) is 8.79. The second kappa shape index (κ2) is 11.5. The number of amides is 1. The summed E-state index contributed by atoms with van der Waals surface area (Å²) >= 11 is 0. The Balaban J connectivity index is 1.32. The lowest BCUT2D eigenvalue weighted by molar-refractivity contribution is -0.119. The lowest BCUT2D eigenvalue weighted by Crippen LogP contribution is -2.45. The van der Waals surface area contributed by atoms with Gasteiger partial charge in [0.2, 0.25) is 5.91 Å². The first-order valence-electron chi connectivity index (χ1n) is 11.8. The summed E-state index contributed by atoms with van der Waals surface area (Å²) in [6.07, 6.45) is -2.49. The van der Waals surface area contributed by atoms with E-state index in [-0.39, 0.29) is 18.4 Å². The van der Waals surface area contributed by atoms with Gasteiger partial charge in [-0.05, 0) is 29.7 Å². The molecular weight excluding hydrogens is 532 g/mol. The highest BCUT2D eigenvalue weighted by molar-refractivity contribution is 7.88. The minimum Gasteiger partial charge on any atom is -0.465 e. The van der Waals surface area contributed by atoms with Crippen LogP contribution in [-0.4, -0.2) is 77.0 Å². The van der Waals surface area contributed by atoms with E-state index in [1.807, 2.05) is 4.72 Å². The predicted molar refractivity (Wildman–Crippen MR) is 139 cm³/mol. The van der Waals surface area contributed by atoms with Gasteiger partial charge in [-0.15, -0.1) is 0 Å². The van der Waals surface area contributed by atoms with Crippen molar-refractivity contribution in [2.24, 2.45) is 0 Å². The summed E-state index contributed by atoms with van der Waals surface area (Å²) in [4.78, 5) is 32.6. The summed E-state index contributed by atoms with van der Waals surface area (Å²) in [5.41, 5.74) is 8.15. The molecule has 0 bridgehead atoms. The number of pyridine rings is 1. The molecule has 2 aromatic heterocycles. The molecule has 1 fully saturated rings. The number of nitrogens with one attached hydrogen (secondary N) is 2. The van der Waals surface area contributed by atoms with E-state index in [1.54, 1.807) is 30.3 Å². The molecule has 4 rings (SSSR count). The van der Waals surface area contributed by atoms with Crippen molar-refractivity contribution in [3.8, 4) is 0 Å². The number of methoxy groups -OCH3 is 1. The number of nitrogens with zero attached hydrogens (tertiary/aromatic N) is 3. The molecule has 6 N–H and O–H groups in total. The molecule has 0 spiro atoms. The van der Waals surface area contributed by atoms with Gasteiger partial charge in [0, 0.05) is 19.2 Å². The number of nitrogens with two attached hydrogens (primary N) is 1. The van der Waals surface area contributed by atoms with Gasteiger partial charge in [-0.2, -0.15) is 13.1 Å². The van der Waals surface area contributed by atoms with Crippen molar-refractivity contribution in [2.45, 2.75) is 37.4 Å². The molecule has 0 unspecified atom stereocenters. The average Bonchev–Trinajstić information content (AvgIpc) is 3.47. The number of carbonyl (C=O) groups excluding carboxylic acids is 2. The minimum absolute atomic E-state index is 0.0745. The Hall–Kier alpha value is -3.89. The van der Waals surface area contributed by atoms with E-state index in [0.717, 1.165) is 0 Å². The Labute approximate surface area is 223 Å². The van der Waals surface area contributed by atoms with Crippen molar-refractivity contribution in [3.63, 3.8) is 0 Å². The summed E-state index contributed by atoms with van der Waals surface area (Å²) in [6.45, 7) is 3.44. The molecule has 1 amide bonds. The number of ether oxygens (including phenoxy) is 2. The highest BCUT2D eigenvalue weighted by Crippen LogP contribution is 2.32. The van der Waals surface area contributed by atoms with Crippen molar-refractivity contribution < 1.29 is 37.7 Å². The van der Waals surface area contributed by atoms with Gasteiger partial charge < -0.3 is 25.4 Å². The van der Waals surface area contributed by atoms with Gasteiger partial charge in [-0.1, -0.05) is 24.8 Å². The first-order chi connectivity index (χ1) is 18.5. The number of allylic oxidation sites excluding steroid dienone is 1. The Morgan fingerprint density at radius 1 is 1.15 bits per heavy atom. The third-order valence-electron chi connectivity index (χ3n) is 6.19. The molecule has 4 atom stereocenters. The molecule has 39 heavy (non-hydrogen) atoms. The van der Waals surface area contributed by atoms with Crippen LogP contribution >= 0.6 is 0 Å². The zero-order chi connectivity index (χ0) is 28.3. The molecular formula is C24H28N6O8S. The topological polar surface area (TPSA) is 208 Å². The van der Waals surface area contributed by atoms with Gasteiger partial charge in [0.25, 0.3) is 0 Å². The zero-order valence-corrected chi connectivity index (χ0v) is 21.7. The normalized spacial score (nSPS) is 21.1. The average molecular weight is 561 g/mol. The van der Waals surface area contributed by atoms with Gasteiger partial charge >= 0.3 is 16.2 Å². The SMILES string of the molecule is C=C(CCC(=O)NS(=O)(=O)NC[C@H]1O[C@@H](n2cnc3c(N)ccnc32)[C@H](O)[C@@H]1O)c1ccccc1C(=O)OC. The number of hydrogen-bond donors (Lipinski definition) is 5. The van der Waals surface area contributed by atoms with Crippen LogP contribution in [0.25, 0.3) is 16.7 Å². The van der Waals surface area contributed by atoms with E-state index in [4.69, 9.17) is 15.2 Å². The third kappa shape index (κ3) is 6.07. The molecule has 1 aliphatic rings. The number of anilines is 1. The predicted octanol–water partition coefficient (Wildman–Crippen LogP) is -0.136. The lowest BCUT2D eigenvalue weighted by atomic mass is 9.97. The smallest absolute Gasteiger partial charge is 0.338 e. The van der Waals surface area contributed by atoms with E-state index in [2.05, 4.69) is 21.3 Å². The van der Waals surface area contributed by atoms with Crippen molar-refractivity contribution in [1.82, 2.24) is 24.0 Å². The van der Waals surface area contributed by atoms with Crippen LogP contribution in [0, 0.1) is 0 Å². The monoisotopic (exact) mass is 560 g/mol. The summed E-state index contributed by atoms with van der Waals surface area (Å²) < 4.78 is 40.7. The first-order valence-corrected chi connectivity index (χ1v) is 13.2. The quantitative estimate of drug-likeness (QED) is 0.206. The number of benzene rings is 1. The van der Waals surface area contributed by atoms with Gasteiger partial charge in [0.15, 0.2) is 11.9 Å². The maximum absolute atomic E-state index is 12.4. The Bertz CT molecular complexity index is 1510. The molecule has 14 nitrogen and oxygen atoms in total. The number of rotatable bonds is 10. The molecule has 3 aromatic rings. The highest BCUT2D eigenvalue weighted by atomic mass is 32.2. The van der Waals surface area contributed by atoms with Crippen molar-refractivity contribution in [1.29, 1.82) is 0 Å². The highest BCUT2D eigenvalue weighted by Gasteiger charge is 2.44. The van der Waals surface area contributed by atoms with Crippen LogP contribution in [0.2, 0.25) is 0 Å². The van der Waals surface area contributed by atoms with Crippen molar-refractivity contribution in [3.05, 3.63) is 60.6 Å². The number of esters is 1. The van der Waals surface area contributed by atoms with Crippen molar-refractivity contribution in [2.75, 3.05) is 19.4 Å². The molecule has 208 valence electrons. The van der Waals surface area contributed by atoms with E-state index in [9.17, 15) is 28.2 Å². The van der Waals surface area contributed by atoms with Gasteiger partial charge in [0.1, 0.15) is 23.8 Å². The molecule has 1 aromatic carbocycles. The van der Waals surface area contributed by atoms with E-state index in [1.165, 1.54) is 24.2 Å².